The number of hydrogen-bond acceptors (Lipinski definition) is 4. The normalized spacial score (nSPS) is 23.1. The molecule has 21 heavy (non-hydrogen) atoms. The predicted molar refractivity (Wildman–Crippen MR) is 71.0 cm³/mol. The fourth-order valence-electron chi connectivity index (χ4n) is 2.48. The fraction of sp³-hybridized carbons (Fsp3) is 0.923. The molecule has 1 aliphatic heterocycles. The van der Waals surface area contributed by atoms with Gasteiger partial charge in [0.15, 0.2) is 0 Å². The number of likely N-dealkylation sites (N-methyl/N-ethyl adjacent to an activating group) is 1. The van der Waals surface area contributed by atoms with Crippen LogP contribution in [0.5, 0.6) is 0 Å². The Bertz CT molecular complexity index is 361. The molecule has 0 aromatic heterocycles. The van der Waals surface area contributed by atoms with Gasteiger partial charge >= 0.3 is 6.18 Å². The average Bonchev–Trinajstić information content (AvgIpc) is 2.24. The Labute approximate surface area is 123 Å². The van der Waals surface area contributed by atoms with Gasteiger partial charge in [-0.2, -0.15) is 13.2 Å². The molecule has 124 valence electrons. The van der Waals surface area contributed by atoms with E-state index in [-0.39, 0.29) is 12.6 Å². The summed E-state index contributed by atoms with van der Waals surface area (Å²) in [6.07, 6.45) is -4.58. The topological polar surface area (TPSA) is 42.0 Å². The van der Waals surface area contributed by atoms with Crippen LogP contribution < -0.4 is 0 Å². The molecular weight excluding hydrogens is 289 g/mol. The van der Waals surface area contributed by atoms with E-state index in [0.717, 1.165) is 7.05 Å². The second kappa shape index (κ2) is 6.93. The standard InChI is InChI=1S/C13H23F3N2O3/c1-12(2)8-18(5-10(21-12)7-20-4)6-11(19)17(3)9-13(14,15)16/h10H,5-9H2,1-4H3. The molecule has 1 unspecified atom stereocenters. The molecule has 0 aromatic rings. The summed E-state index contributed by atoms with van der Waals surface area (Å²) in [4.78, 5) is 14.4. The first kappa shape index (κ1) is 18.2. The fourth-order valence-corrected chi connectivity index (χ4v) is 2.48. The third kappa shape index (κ3) is 6.62. The van der Waals surface area contributed by atoms with Crippen LogP contribution >= 0.6 is 0 Å². The quantitative estimate of drug-likeness (QED) is 0.763. The number of nitrogens with zero attached hydrogens (tertiary/aromatic N) is 2. The second-order valence-electron chi connectivity index (χ2n) is 5.99. The van der Waals surface area contributed by atoms with Gasteiger partial charge in [0.25, 0.3) is 0 Å². The Hall–Kier alpha value is -0.860. The molecule has 5 nitrogen and oxygen atoms in total. The van der Waals surface area contributed by atoms with Crippen molar-refractivity contribution in [1.29, 1.82) is 0 Å². The van der Waals surface area contributed by atoms with Crippen LogP contribution in [0.15, 0.2) is 0 Å². The molecule has 1 atom stereocenters. The lowest BCUT2D eigenvalue weighted by Crippen LogP contribution is -2.56. The number of alkyl halides is 3. The van der Waals surface area contributed by atoms with Crippen molar-refractivity contribution in [3.8, 4) is 0 Å². The van der Waals surface area contributed by atoms with Gasteiger partial charge in [-0.1, -0.05) is 0 Å². The van der Waals surface area contributed by atoms with Crippen LogP contribution in [0.4, 0.5) is 13.2 Å². The smallest absolute Gasteiger partial charge is 0.382 e. The first-order chi connectivity index (χ1) is 9.52. The van der Waals surface area contributed by atoms with Crippen molar-refractivity contribution in [3.05, 3.63) is 0 Å². The highest BCUT2D eigenvalue weighted by atomic mass is 19.4. The number of halogens is 3. The maximum Gasteiger partial charge on any atom is 0.406 e. The summed E-state index contributed by atoms with van der Waals surface area (Å²) in [6.45, 7) is 3.80. The van der Waals surface area contributed by atoms with Crippen LogP contribution in [-0.4, -0.2) is 80.5 Å². The monoisotopic (exact) mass is 312 g/mol. The van der Waals surface area contributed by atoms with E-state index in [1.807, 2.05) is 18.7 Å². The number of carbonyl (C=O) groups is 1. The van der Waals surface area contributed by atoms with E-state index < -0.39 is 24.2 Å². The predicted octanol–water partition coefficient (Wildman–Crippen LogP) is 1.13. The Morgan fingerprint density at radius 1 is 1.48 bits per heavy atom. The molecule has 0 saturated carbocycles. The van der Waals surface area contributed by atoms with E-state index in [2.05, 4.69) is 0 Å². The van der Waals surface area contributed by atoms with Crippen LogP contribution in [0.3, 0.4) is 0 Å². The summed E-state index contributed by atoms with van der Waals surface area (Å²) < 4.78 is 47.7. The van der Waals surface area contributed by atoms with E-state index in [1.165, 1.54) is 0 Å². The lowest BCUT2D eigenvalue weighted by atomic mass is 10.1. The first-order valence-electron chi connectivity index (χ1n) is 6.72. The number of morpholine rings is 1. The molecule has 0 N–H and O–H groups in total. The SMILES string of the molecule is COCC1CN(CC(=O)N(C)CC(F)(F)F)CC(C)(C)O1. The summed E-state index contributed by atoms with van der Waals surface area (Å²) in [5, 5.41) is 0. The van der Waals surface area contributed by atoms with Crippen molar-refractivity contribution in [3.63, 3.8) is 0 Å². The first-order valence-corrected chi connectivity index (χ1v) is 6.72. The molecule has 0 aliphatic carbocycles. The van der Waals surface area contributed by atoms with Crippen molar-refractivity contribution >= 4 is 5.91 Å². The molecule has 0 spiro atoms. The van der Waals surface area contributed by atoms with E-state index in [4.69, 9.17) is 9.47 Å². The van der Waals surface area contributed by atoms with Gasteiger partial charge in [0.05, 0.1) is 24.9 Å². The van der Waals surface area contributed by atoms with Crippen LogP contribution in [-0.2, 0) is 14.3 Å². The second-order valence-corrected chi connectivity index (χ2v) is 5.99. The molecular formula is C13H23F3N2O3. The summed E-state index contributed by atoms with van der Waals surface area (Å²) >= 11 is 0. The van der Waals surface area contributed by atoms with E-state index in [9.17, 15) is 18.0 Å². The minimum atomic E-state index is -4.38. The average molecular weight is 312 g/mol. The Kier molecular flexibility index (Phi) is 6.01. The van der Waals surface area contributed by atoms with E-state index in [1.54, 1.807) is 7.11 Å². The minimum absolute atomic E-state index is 0.0560. The zero-order valence-electron chi connectivity index (χ0n) is 12.9. The number of ether oxygens (including phenoxy) is 2. The molecule has 1 fully saturated rings. The van der Waals surface area contributed by atoms with Crippen LogP contribution in [0, 0.1) is 0 Å². The van der Waals surface area contributed by atoms with Crippen LogP contribution in [0.1, 0.15) is 13.8 Å². The van der Waals surface area contributed by atoms with Crippen molar-refractivity contribution in [2.45, 2.75) is 31.7 Å². The van der Waals surface area contributed by atoms with Crippen molar-refractivity contribution in [2.75, 3.05) is 46.9 Å². The summed E-state index contributed by atoms with van der Waals surface area (Å²) in [5.41, 5.74) is -0.468. The number of carbonyl (C=O) groups excluding carboxylic acids is 1. The van der Waals surface area contributed by atoms with Crippen molar-refractivity contribution in [1.82, 2.24) is 9.80 Å². The number of rotatable bonds is 5. The Morgan fingerprint density at radius 2 is 2.10 bits per heavy atom. The maximum absolute atomic E-state index is 12.3. The summed E-state index contributed by atoms with van der Waals surface area (Å²) in [7, 11) is 2.71. The van der Waals surface area contributed by atoms with Crippen LogP contribution in [0.25, 0.3) is 0 Å². The lowest BCUT2D eigenvalue weighted by molar-refractivity contribution is -0.168. The summed E-state index contributed by atoms with van der Waals surface area (Å²) in [6, 6.07) is 0. The zero-order chi connectivity index (χ0) is 16.3. The minimum Gasteiger partial charge on any atom is -0.382 e. The number of amides is 1. The van der Waals surface area contributed by atoms with E-state index in [0.29, 0.717) is 24.6 Å². The molecule has 1 rings (SSSR count). The van der Waals surface area contributed by atoms with Crippen molar-refractivity contribution in [2.24, 2.45) is 0 Å². The zero-order valence-corrected chi connectivity index (χ0v) is 12.9. The molecule has 1 saturated heterocycles. The molecule has 0 radical (unpaired) electrons. The molecule has 1 aliphatic rings. The van der Waals surface area contributed by atoms with Gasteiger partial charge in [-0.05, 0) is 13.8 Å². The molecule has 1 heterocycles. The van der Waals surface area contributed by atoms with Gasteiger partial charge in [-0.3, -0.25) is 9.69 Å². The number of methoxy groups -OCH3 is 1. The van der Waals surface area contributed by atoms with Gasteiger partial charge in [0.1, 0.15) is 6.54 Å². The Balaban J connectivity index is 2.58. The van der Waals surface area contributed by atoms with E-state index >= 15 is 0 Å². The lowest BCUT2D eigenvalue weighted by Gasteiger charge is -2.42. The molecule has 0 bridgehead atoms. The molecule has 0 aromatic carbocycles. The van der Waals surface area contributed by atoms with Gasteiger partial charge in [-0.15, -0.1) is 0 Å². The van der Waals surface area contributed by atoms with Gasteiger partial charge in [-0.25, -0.2) is 0 Å². The number of hydrogen-bond donors (Lipinski definition) is 0. The van der Waals surface area contributed by atoms with Gasteiger partial charge in [0, 0.05) is 27.2 Å². The third-order valence-electron chi connectivity index (χ3n) is 3.11. The largest absolute Gasteiger partial charge is 0.406 e. The summed E-state index contributed by atoms with van der Waals surface area (Å²) in [5.74, 6) is -0.554. The highest BCUT2D eigenvalue weighted by molar-refractivity contribution is 5.78. The molecule has 1 amide bonds. The maximum atomic E-state index is 12.3. The van der Waals surface area contributed by atoms with Crippen molar-refractivity contribution < 1.29 is 27.4 Å². The highest BCUT2D eigenvalue weighted by Crippen LogP contribution is 2.21. The highest BCUT2D eigenvalue weighted by Gasteiger charge is 2.36. The Morgan fingerprint density at radius 3 is 2.62 bits per heavy atom. The third-order valence-corrected chi connectivity index (χ3v) is 3.11. The van der Waals surface area contributed by atoms with Gasteiger partial charge < -0.3 is 14.4 Å². The van der Waals surface area contributed by atoms with Gasteiger partial charge in [0.2, 0.25) is 5.91 Å². The molecule has 8 heteroatoms. The van der Waals surface area contributed by atoms with Crippen LogP contribution in [0.2, 0.25) is 0 Å².